The first-order valence-electron chi connectivity index (χ1n) is 11.0. The normalized spacial score (nSPS) is 19.4. The van der Waals surface area contributed by atoms with E-state index in [2.05, 4.69) is 4.72 Å². The molecule has 1 aliphatic heterocycles. The first-order valence-corrected chi connectivity index (χ1v) is 12.9. The molecule has 1 saturated carbocycles. The van der Waals surface area contributed by atoms with Crippen molar-refractivity contribution in [1.82, 2.24) is 4.72 Å². The molecular formula is C24H26ClN3O4S. The van der Waals surface area contributed by atoms with Crippen molar-refractivity contribution >= 4 is 44.8 Å². The number of fused-ring (bicyclic) bond motifs is 1. The Morgan fingerprint density at radius 1 is 1.21 bits per heavy atom. The summed E-state index contributed by atoms with van der Waals surface area (Å²) in [6.07, 6.45) is 1.78. The zero-order valence-corrected chi connectivity index (χ0v) is 20.1. The van der Waals surface area contributed by atoms with Gasteiger partial charge in [-0.25, -0.2) is 8.42 Å². The van der Waals surface area contributed by atoms with Gasteiger partial charge >= 0.3 is 0 Å². The van der Waals surface area contributed by atoms with E-state index < -0.39 is 33.8 Å². The Labute approximate surface area is 198 Å². The topological polar surface area (TPSA) is 95.9 Å². The second-order valence-corrected chi connectivity index (χ2v) is 10.9. The molecule has 0 bridgehead atoms. The smallest absolute Gasteiger partial charge is 0.253 e. The molecule has 1 N–H and O–H groups in total. The van der Waals surface area contributed by atoms with Crippen molar-refractivity contribution in [3.05, 3.63) is 64.7 Å². The summed E-state index contributed by atoms with van der Waals surface area (Å²) in [6, 6.07) is 13.8. The molecule has 1 unspecified atom stereocenters. The molecule has 7 nitrogen and oxygen atoms in total. The summed E-state index contributed by atoms with van der Waals surface area (Å²) in [5.74, 6) is -1.19. The SMILES string of the molecule is CCC(C)[C@@H]1N=C(c2ccccc2)c2cc(Cl)ccc2N(CC(=O)NS(=O)(=O)C2CC2)C1=O. The predicted molar refractivity (Wildman–Crippen MR) is 129 cm³/mol. The number of hydrogen-bond donors (Lipinski definition) is 1. The van der Waals surface area contributed by atoms with E-state index in [0.29, 0.717) is 41.2 Å². The van der Waals surface area contributed by atoms with Crippen LogP contribution in [0.5, 0.6) is 0 Å². The molecule has 1 fully saturated rings. The minimum Gasteiger partial charge on any atom is -0.300 e. The van der Waals surface area contributed by atoms with Gasteiger partial charge in [0.2, 0.25) is 10.0 Å². The zero-order chi connectivity index (χ0) is 23.8. The molecule has 1 heterocycles. The highest BCUT2D eigenvalue weighted by Gasteiger charge is 2.39. The van der Waals surface area contributed by atoms with Crippen LogP contribution in [0.2, 0.25) is 5.02 Å². The molecule has 9 heteroatoms. The quantitative estimate of drug-likeness (QED) is 0.646. The van der Waals surface area contributed by atoms with Crippen LogP contribution >= 0.6 is 11.6 Å². The summed E-state index contributed by atoms with van der Waals surface area (Å²) in [7, 11) is -3.72. The number of amides is 2. The molecule has 4 rings (SSSR count). The first-order chi connectivity index (χ1) is 15.7. The number of hydrogen-bond acceptors (Lipinski definition) is 5. The summed E-state index contributed by atoms with van der Waals surface area (Å²) < 4.78 is 26.7. The van der Waals surface area contributed by atoms with Crippen LogP contribution in [0.1, 0.15) is 44.2 Å². The number of anilines is 1. The van der Waals surface area contributed by atoms with E-state index in [-0.39, 0.29) is 11.8 Å². The van der Waals surface area contributed by atoms with Crippen LogP contribution < -0.4 is 9.62 Å². The molecule has 33 heavy (non-hydrogen) atoms. The van der Waals surface area contributed by atoms with Gasteiger partial charge in [-0.2, -0.15) is 0 Å². The molecular weight excluding hydrogens is 462 g/mol. The summed E-state index contributed by atoms with van der Waals surface area (Å²) in [4.78, 5) is 32.6. The number of carbonyl (C=O) groups excluding carboxylic acids is 2. The average molecular weight is 488 g/mol. The van der Waals surface area contributed by atoms with Crippen LogP contribution in [0.15, 0.2) is 53.5 Å². The maximum atomic E-state index is 13.7. The van der Waals surface area contributed by atoms with Crippen LogP contribution in [-0.4, -0.2) is 43.8 Å². The lowest BCUT2D eigenvalue weighted by Gasteiger charge is -2.26. The third kappa shape index (κ3) is 4.96. The predicted octanol–water partition coefficient (Wildman–Crippen LogP) is 3.55. The molecule has 2 aromatic carbocycles. The Morgan fingerprint density at radius 2 is 1.91 bits per heavy atom. The van der Waals surface area contributed by atoms with Crippen LogP contribution in [-0.2, 0) is 19.6 Å². The monoisotopic (exact) mass is 487 g/mol. The van der Waals surface area contributed by atoms with Crippen molar-refractivity contribution in [3.63, 3.8) is 0 Å². The van der Waals surface area contributed by atoms with Crippen molar-refractivity contribution in [2.24, 2.45) is 10.9 Å². The lowest BCUT2D eigenvalue weighted by molar-refractivity contribution is -0.124. The number of nitrogens with zero attached hydrogens (tertiary/aromatic N) is 2. The number of sulfonamides is 1. The third-order valence-corrected chi connectivity index (χ3v) is 8.14. The zero-order valence-electron chi connectivity index (χ0n) is 18.5. The minimum atomic E-state index is -3.72. The van der Waals surface area contributed by atoms with Crippen molar-refractivity contribution < 1.29 is 18.0 Å². The summed E-state index contributed by atoms with van der Waals surface area (Å²) in [6.45, 7) is 3.49. The number of rotatable bonds is 7. The largest absolute Gasteiger partial charge is 0.300 e. The molecule has 2 aliphatic rings. The molecule has 1 aliphatic carbocycles. The molecule has 0 spiro atoms. The highest BCUT2D eigenvalue weighted by atomic mass is 35.5. The molecule has 2 aromatic rings. The fraction of sp³-hybridized carbons (Fsp3) is 0.375. The van der Waals surface area contributed by atoms with Gasteiger partial charge in [-0.1, -0.05) is 62.2 Å². The van der Waals surface area contributed by atoms with Crippen LogP contribution in [0.4, 0.5) is 5.69 Å². The van der Waals surface area contributed by atoms with Gasteiger partial charge in [0.25, 0.3) is 11.8 Å². The second kappa shape index (κ2) is 9.27. The minimum absolute atomic E-state index is 0.0956. The Hall–Kier alpha value is -2.71. The van der Waals surface area contributed by atoms with Crippen LogP contribution in [0.3, 0.4) is 0 Å². The van der Waals surface area contributed by atoms with Crippen molar-refractivity contribution in [3.8, 4) is 0 Å². The summed E-state index contributed by atoms with van der Waals surface area (Å²) >= 11 is 6.31. The summed E-state index contributed by atoms with van der Waals surface area (Å²) in [5, 5.41) is -0.0687. The maximum absolute atomic E-state index is 13.7. The van der Waals surface area contributed by atoms with E-state index in [9.17, 15) is 18.0 Å². The maximum Gasteiger partial charge on any atom is 0.253 e. The van der Waals surface area contributed by atoms with Crippen molar-refractivity contribution in [1.29, 1.82) is 0 Å². The fourth-order valence-corrected chi connectivity index (χ4v) is 5.33. The Bertz CT molecular complexity index is 1210. The van der Waals surface area contributed by atoms with Gasteiger partial charge < -0.3 is 4.90 Å². The first kappa shape index (κ1) is 23.4. The second-order valence-electron chi connectivity index (χ2n) is 8.53. The average Bonchev–Trinajstić information content (AvgIpc) is 3.64. The molecule has 0 radical (unpaired) electrons. The van der Waals surface area contributed by atoms with E-state index in [1.807, 2.05) is 44.2 Å². The van der Waals surface area contributed by atoms with Crippen molar-refractivity contribution in [2.45, 2.75) is 44.4 Å². The number of nitrogens with one attached hydrogen (secondary N) is 1. The molecule has 0 saturated heterocycles. The number of carbonyl (C=O) groups is 2. The lowest BCUT2D eigenvalue weighted by atomic mass is 9.98. The highest BCUT2D eigenvalue weighted by molar-refractivity contribution is 7.90. The molecule has 174 valence electrons. The Morgan fingerprint density at radius 3 is 2.55 bits per heavy atom. The van der Waals surface area contributed by atoms with E-state index >= 15 is 0 Å². The number of aliphatic imine (C=N–C) groups is 1. The van der Waals surface area contributed by atoms with Gasteiger partial charge in [0, 0.05) is 16.1 Å². The van der Waals surface area contributed by atoms with Crippen molar-refractivity contribution in [2.75, 3.05) is 11.4 Å². The van der Waals surface area contributed by atoms with Crippen LogP contribution in [0.25, 0.3) is 0 Å². The number of halogens is 1. The van der Waals surface area contributed by atoms with E-state index in [1.54, 1.807) is 18.2 Å². The molecule has 2 amide bonds. The highest BCUT2D eigenvalue weighted by Crippen LogP contribution is 2.33. The molecule has 2 atom stereocenters. The fourth-order valence-electron chi connectivity index (χ4n) is 3.85. The Kier molecular flexibility index (Phi) is 6.59. The summed E-state index contributed by atoms with van der Waals surface area (Å²) in [5.41, 5.74) is 2.52. The van der Waals surface area contributed by atoms with Gasteiger partial charge in [-0.05, 0) is 37.0 Å². The van der Waals surface area contributed by atoms with Gasteiger partial charge in [0.1, 0.15) is 12.6 Å². The van der Waals surface area contributed by atoms with E-state index in [1.165, 1.54) is 4.90 Å². The third-order valence-electron chi connectivity index (χ3n) is 6.04. The number of benzene rings is 2. The standard InChI is InChI=1S/C24H26ClN3O4S/c1-3-15(2)22-24(30)28(14-21(29)27-33(31,32)18-10-11-18)20-12-9-17(25)13-19(20)23(26-22)16-7-5-4-6-8-16/h4-9,12-13,15,18,22H,3,10-11,14H2,1-2H3,(H,27,29)/t15?,22-/m0/s1. The van der Waals surface area contributed by atoms with E-state index in [0.717, 1.165) is 5.56 Å². The number of benzodiazepines with no additional fused rings is 1. The van der Waals surface area contributed by atoms with Gasteiger partial charge in [0.05, 0.1) is 16.6 Å². The lowest BCUT2D eigenvalue weighted by Crippen LogP contribution is -2.47. The van der Waals surface area contributed by atoms with Gasteiger partial charge in [-0.15, -0.1) is 0 Å². The van der Waals surface area contributed by atoms with E-state index in [4.69, 9.17) is 16.6 Å². The van der Waals surface area contributed by atoms with Gasteiger partial charge in [0.15, 0.2) is 0 Å². The molecule has 0 aromatic heterocycles. The van der Waals surface area contributed by atoms with Gasteiger partial charge in [-0.3, -0.25) is 19.3 Å². The van der Waals surface area contributed by atoms with Crippen LogP contribution in [0, 0.1) is 5.92 Å². The Balaban J connectivity index is 1.79.